The fourth-order valence-electron chi connectivity index (χ4n) is 4.23. The number of amides is 2. The van der Waals surface area contributed by atoms with E-state index in [1.165, 1.54) is 33.5 Å². The Morgan fingerprint density at radius 2 is 1.91 bits per heavy atom. The predicted molar refractivity (Wildman–Crippen MR) is 121 cm³/mol. The van der Waals surface area contributed by atoms with Crippen molar-refractivity contribution in [3.63, 3.8) is 0 Å². The summed E-state index contributed by atoms with van der Waals surface area (Å²) in [5.74, 6) is -1.48. The zero-order valence-corrected chi connectivity index (χ0v) is 18.2. The lowest BCUT2D eigenvalue weighted by Crippen LogP contribution is -2.32. The number of fused-ring (bicyclic) bond motifs is 1. The molecule has 2 amide bonds. The minimum Gasteiger partial charge on any atom is -0.383 e. The van der Waals surface area contributed by atoms with Crippen LogP contribution < -0.4 is 10.6 Å². The Balaban J connectivity index is 1.51. The molecular formula is C23H18F3N5OS. The number of aromatic nitrogens is 2. The van der Waals surface area contributed by atoms with Crippen molar-refractivity contribution in [1.82, 2.24) is 14.9 Å². The molecule has 1 saturated heterocycles. The van der Waals surface area contributed by atoms with Crippen molar-refractivity contribution in [2.75, 3.05) is 23.7 Å². The molecular weight excluding hydrogens is 451 g/mol. The lowest BCUT2D eigenvalue weighted by Gasteiger charge is -2.22. The van der Waals surface area contributed by atoms with Gasteiger partial charge in [0.15, 0.2) is 0 Å². The molecule has 0 spiro atoms. The quantitative estimate of drug-likeness (QED) is 0.437. The first-order valence-corrected chi connectivity index (χ1v) is 11.1. The average molecular weight is 469 g/mol. The van der Waals surface area contributed by atoms with Crippen molar-refractivity contribution in [2.24, 2.45) is 0 Å². The van der Waals surface area contributed by atoms with Crippen LogP contribution in [0.3, 0.4) is 0 Å². The number of hydrogen-bond donors (Lipinski definition) is 1. The van der Waals surface area contributed by atoms with Crippen LogP contribution in [0, 0.1) is 17.5 Å². The fraction of sp³-hybridized carbons (Fsp3) is 0.174. The molecule has 1 unspecified atom stereocenters. The Morgan fingerprint density at radius 3 is 2.67 bits per heavy atom. The maximum Gasteiger partial charge on any atom is 0.325 e. The second-order valence-corrected chi connectivity index (χ2v) is 8.47. The van der Waals surface area contributed by atoms with Gasteiger partial charge in [0, 0.05) is 34.3 Å². The lowest BCUT2D eigenvalue weighted by atomic mass is 10.0. The third-order valence-electron chi connectivity index (χ3n) is 5.82. The second kappa shape index (κ2) is 8.04. The van der Waals surface area contributed by atoms with Gasteiger partial charge in [0.1, 0.15) is 34.4 Å². The molecule has 0 saturated carbocycles. The van der Waals surface area contributed by atoms with Gasteiger partial charge in [0.2, 0.25) is 0 Å². The lowest BCUT2D eigenvalue weighted by molar-refractivity contribution is 0.208. The molecule has 2 N–H and O–H groups in total. The minimum atomic E-state index is -0.696. The Labute approximate surface area is 191 Å². The van der Waals surface area contributed by atoms with E-state index < -0.39 is 29.5 Å². The van der Waals surface area contributed by atoms with E-state index in [0.717, 1.165) is 18.2 Å². The van der Waals surface area contributed by atoms with Crippen molar-refractivity contribution in [2.45, 2.75) is 13.0 Å². The van der Waals surface area contributed by atoms with Gasteiger partial charge in [0.25, 0.3) is 0 Å². The zero-order chi connectivity index (χ0) is 23.3. The molecule has 2 aromatic carbocycles. The van der Waals surface area contributed by atoms with Crippen molar-refractivity contribution >= 4 is 39.1 Å². The monoisotopic (exact) mass is 469 g/mol. The molecule has 3 heterocycles. The maximum atomic E-state index is 15.2. The van der Waals surface area contributed by atoms with Gasteiger partial charge in [-0.3, -0.25) is 4.90 Å². The number of hydrogen-bond acceptors (Lipinski definition) is 5. The number of nitrogens with zero attached hydrogens (tertiary/aromatic N) is 4. The highest BCUT2D eigenvalue weighted by Crippen LogP contribution is 2.39. The summed E-state index contributed by atoms with van der Waals surface area (Å²) in [7, 11) is 0. The summed E-state index contributed by atoms with van der Waals surface area (Å²) in [6, 6.07) is 6.52. The van der Waals surface area contributed by atoms with Crippen LogP contribution >= 0.6 is 11.3 Å². The van der Waals surface area contributed by atoms with Crippen molar-refractivity contribution in [3.05, 3.63) is 71.1 Å². The molecule has 5 rings (SSSR count). The van der Waals surface area contributed by atoms with E-state index in [1.807, 2.05) is 0 Å². The first-order valence-electron chi connectivity index (χ1n) is 10.2. The Bertz CT molecular complexity index is 1390. The minimum absolute atomic E-state index is 0.0635. The maximum absolute atomic E-state index is 15.2. The normalized spacial score (nSPS) is 16.2. The van der Waals surface area contributed by atoms with Crippen LogP contribution in [0.4, 0.5) is 29.5 Å². The number of nitrogens with two attached hydrogens (primary N) is 1. The standard InChI is InChI=1S/C23H18F3N5OS/c1-2-30-19(15-7-12(24)3-6-17(15)25)9-31(23(30)32)13-4-5-14(18(26)8-13)16-10-33-22-20(16)21(27)28-11-29-22/h3-8,10-11,19H,2,9H2,1H3,(H2,27,28,29). The predicted octanol–water partition coefficient (Wildman–Crippen LogP) is 5.36. The molecule has 10 heteroatoms. The molecule has 0 radical (unpaired) electrons. The first-order chi connectivity index (χ1) is 15.9. The number of carbonyl (C=O) groups is 1. The molecule has 0 aliphatic carbocycles. The van der Waals surface area contributed by atoms with E-state index in [2.05, 4.69) is 9.97 Å². The number of benzene rings is 2. The Kier molecular flexibility index (Phi) is 5.16. The molecule has 4 aromatic rings. The van der Waals surface area contributed by atoms with Crippen LogP contribution in [0.1, 0.15) is 18.5 Å². The Morgan fingerprint density at radius 1 is 1.09 bits per heavy atom. The summed E-state index contributed by atoms with van der Waals surface area (Å²) in [6.45, 7) is 2.11. The highest BCUT2D eigenvalue weighted by molar-refractivity contribution is 7.17. The molecule has 168 valence electrons. The third kappa shape index (κ3) is 3.46. The summed E-state index contributed by atoms with van der Waals surface area (Å²) < 4.78 is 43.4. The fourth-order valence-corrected chi connectivity index (χ4v) is 5.15. The zero-order valence-electron chi connectivity index (χ0n) is 17.4. The van der Waals surface area contributed by atoms with Crippen LogP contribution in [0.2, 0.25) is 0 Å². The SMILES string of the molecule is CCN1C(=O)N(c2ccc(-c3csc4ncnc(N)c34)c(F)c2)CC1c1cc(F)ccc1F. The van der Waals surface area contributed by atoms with Gasteiger partial charge >= 0.3 is 6.03 Å². The summed E-state index contributed by atoms with van der Waals surface area (Å²) in [6.07, 6.45) is 1.35. The summed E-state index contributed by atoms with van der Waals surface area (Å²) >= 11 is 1.33. The summed E-state index contributed by atoms with van der Waals surface area (Å²) in [4.78, 5) is 24.7. The summed E-state index contributed by atoms with van der Waals surface area (Å²) in [5, 5.41) is 2.33. The van der Waals surface area contributed by atoms with E-state index in [-0.39, 0.29) is 24.5 Å². The van der Waals surface area contributed by atoms with Gasteiger partial charge in [-0.2, -0.15) is 0 Å². The summed E-state index contributed by atoms with van der Waals surface area (Å²) in [5.41, 5.74) is 7.26. The molecule has 1 fully saturated rings. The molecule has 6 nitrogen and oxygen atoms in total. The number of likely N-dealkylation sites (N-methyl/N-ethyl adjacent to an activating group) is 1. The average Bonchev–Trinajstić information content (AvgIpc) is 3.37. The molecule has 0 bridgehead atoms. The van der Waals surface area contributed by atoms with Crippen LogP contribution in [0.25, 0.3) is 21.3 Å². The largest absolute Gasteiger partial charge is 0.383 e. The van der Waals surface area contributed by atoms with Crippen molar-refractivity contribution in [3.8, 4) is 11.1 Å². The van der Waals surface area contributed by atoms with Crippen molar-refractivity contribution < 1.29 is 18.0 Å². The van der Waals surface area contributed by atoms with Gasteiger partial charge in [-0.1, -0.05) is 0 Å². The highest BCUT2D eigenvalue weighted by Gasteiger charge is 2.39. The molecule has 1 atom stereocenters. The van der Waals surface area contributed by atoms with Crippen LogP contribution in [-0.4, -0.2) is 34.0 Å². The number of thiophene rings is 1. The third-order valence-corrected chi connectivity index (χ3v) is 6.71. The van der Waals surface area contributed by atoms with Crippen LogP contribution in [-0.2, 0) is 0 Å². The van der Waals surface area contributed by atoms with Crippen LogP contribution in [0.15, 0.2) is 48.1 Å². The van der Waals surface area contributed by atoms with E-state index >= 15 is 4.39 Å². The van der Waals surface area contributed by atoms with E-state index in [1.54, 1.807) is 24.4 Å². The number of nitrogen functional groups attached to an aromatic ring is 1. The number of carbonyl (C=O) groups excluding carboxylic acids is 1. The smallest absolute Gasteiger partial charge is 0.325 e. The topological polar surface area (TPSA) is 75.4 Å². The first kappa shape index (κ1) is 21.2. The van der Waals surface area contributed by atoms with Gasteiger partial charge in [-0.25, -0.2) is 27.9 Å². The number of urea groups is 1. The van der Waals surface area contributed by atoms with Crippen molar-refractivity contribution in [1.29, 1.82) is 0 Å². The second-order valence-electron chi connectivity index (χ2n) is 7.61. The van der Waals surface area contributed by atoms with E-state index in [0.29, 0.717) is 27.0 Å². The molecule has 33 heavy (non-hydrogen) atoms. The molecule has 1 aliphatic heterocycles. The van der Waals surface area contributed by atoms with Gasteiger partial charge in [-0.15, -0.1) is 11.3 Å². The van der Waals surface area contributed by atoms with Gasteiger partial charge < -0.3 is 10.6 Å². The highest BCUT2D eigenvalue weighted by atomic mass is 32.1. The van der Waals surface area contributed by atoms with Gasteiger partial charge in [-0.05, 0) is 43.3 Å². The number of anilines is 2. The van der Waals surface area contributed by atoms with E-state index in [9.17, 15) is 13.6 Å². The Hall–Kier alpha value is -3.66. The molecule has 1 aliphatic rings. The number of halogens is 3. The van der Waals surface area contributed by atoms with Gasteiger partial charge in [0.05, 0.1) is 18.0 Å². The molecule has 2 aromatic heterocycles. The van der Waals surface area contributed by atoms with Crippen LogP contribution in [0.5, 0.6) is 0 Å². The van der Waals surface area contributed by atoms with E-state index in [4.69, 9.17) is 5.73 Å². The number of rotatable bonds is 4.